The number of rotatable bonds is 7. The molecule has 29 heavy (non-hydrogen) atoms. The van der Waals surface area contributed by atoms with Crippen molar-refractivity contribution in [2.24, 2.45) is 10.7 Å². The van der Waals surface area contributed by atoms with E-state index in [1.807, 2.05) is 24.3 Å². The van der Waals surface area contributed by atoms with Gasteiger partial charge in [0.05, 0.1) is 7.11 Å². The van der Waals surface area contributed by atoms with E-state index in [1.54, 1.807) is 31.4 Å². The Morgan fingerprint density at radius 1 is 1.21 bits per heavy atom. The number of methoxy groups -OCH3 is 1. The maximum Gasteiger partial charge on any atom is 0.262 e. The first kappa shape index (κ1) is 20.4. The maximum absolute atomic E-state index is 12.4. The highest BCUT2D eigenvalue weighted by atomic mass is 32.2. The summed E-state index contributed by atoms with van der Waals surface area (Å²) in [5.74, 6) is -0.277. The number of ether oxygens (including phenoxy) is 1. The minimum Gasteiger partial charge on any atom is -0.497 e. The SMILES string of the molecule is COc1ccc(CNC(=O)c2cccc(NC(=O)C[C@@H]3SC(N)=NC3=O)c2)cc1. The van der Waals surface area contributed by atoms with Gasteiger partial charge >= 0.3 is 0 Å². The molecule has 3 rings (SSSR count). The molecule has 8 nitrogen and oxygen atoms in total. The highest BCUT2D eigenvalue weighted by Gasteiger charge is 2.29. The van der Waals surface area contributed by atoms with Gasteiger partial charge in [0.2, 0.25) is 5.91 Å². The summed E-state index contributed by atoms with van der Waals surface area (Å²) >= 11 is 1.07. The first-order valence-electron chi connectivity index (χ1n) is 8.80. The van der Waals surface area contributed by atoms with Crippen molar-refractivity contribution < 1.29 is 19.1 Å². The van der Waals surface area contributed by atoms with Gasteiger partial charge in [0.15, 0.2) is 5.17 Å². The van der Waals surface area contributed by atoms with E-state index in [2.05, 4.69) is 15.6 Å². The van der Waals surface area contributed by atoms with Gasteiger partial charge in [-0.15, -0.1) is 0 Å². The Morgan fingerprint density at radius 3 is 2.62 bits per heavy atom. The van der Waals surface area contributed by atoms with Crippen molar-refractivity contribution in [3.05, 3.63) is 59.7 Å². The average Bonchev–Trinajstić information content (AvgIpc) is 3.03. The summed E-state index contributed by atoms with van der Waals surface area (Å²) in [5.41, 5.74) is 7.31. The largest absolute Gasteiger partial charge is 0.497 e. The van der Waals surface area contributed by atoms with Gasteiger partial charge in [0.1, 0.15) is 11.0 Å². The van der Waals surface area contributed by atoms with Crippen molar-refractivity contribution >= 4 is 40.3 Å². The zero-order chi connectivity index (χ0) is 20.8. The molecule has 1 aliphatic heterocycles. The third kappa shape index (κ3) is 5.58. The molecule has 0 aromatic heterocycles. The van der Waals surface area contributed by atoms with Crippen LogP contribution in [0.5, 0.6) is 5.75 Å². The molecule has 0 saturated carbocycles. The van der Waals surface area contributed by atoms with Crippen LogP contribution >= 0.6 is 11.8 Å². The maximum atomic E-state index is 12.4. The van der Waals surface area contributed by atoms with Gasteiger partial charge < -0.3 is 21.1 Å². The Labute approximate surface area is 171 Å². The van der Waals surface area contributed by atoms with Crippen LogP contribution in [0.2, 0.25) is 0 Å². The van der Waals surface area contributed by atoms with Crippen molar-refractivity contribution in [3.8, 4) is 5.75 Å². The summed E-state index contributed by atoms with van der Waals surface area (Å²) < 4.78 is 5.11. The summed E-state index contributed by atoms with van der Waals surface area (Å²) in [6, 6.07) is 14.0. The first-order chi connectivity index (χ1) is 13.9. The van der Waals surface area contributed by atoms with Gasteiger partial charge in [0, 0.05) is 24.2 Å². The molecule has 0 fully saturated rings. The summed E-state index contributed by atoms with van der Waals surface area (Å²) in [7, 11) is 1.59. The average molecular weight is 412 g/mol. The predicted molar refractivity (Wildman–Crippen MR) is 112 cm³/mol. The van der Waals surface area contributed by atoms with Crippen molar-refractivity contribution in [1.29, 1.82) is 0 Å². The highest BCUT2D eigenvalue weighted by molar-refractivity contribution is 8.15. The number of carbonyl (C=O) groups excluding carboxylic acids is 3. The Balaban J connectivity index is 1.54. The summed E-state index contributed by atoms with van der Waals surface area (Å²) in [6.07, 6.45) is -0.0401. The Kier molecular flexibility index (Phi) is 6.50. The van der Waals surface area contributed by atoms with Crippen LogP contribution in [0.25, 0.3) is 0 Å². The van der Waals surface area contributed by atoms with Gasteiger partial charge in [-0.1, -0.05) is 30.0 Å². The lowest BCUT2D eigenvalue weighted by atomic mass is 10.1. The van der Waals surface area contributed by atoms with Crippen LogP contribution in [0.15, 0.2) is 53.5 Å². The smallest absolute Gasteiger partial charge is 0.262 e. The number of anilines is 1. The predicted octanol–water partition coefficient (Wildman–Crippen LogP) is 1.91. The molecule has 1 heterocycles. The second kappa shape index (κ2) is 9.24. The molecular formula is C20H20N4O4S. The number of thioether (sulfide) groups is 1. The van der Waals surface area contributed by atoms with Gasteiger partial charge in [-0.2, -0.15) is 4.99 Å². The first-order valence-corrected chi connectivity index (χ1v) is 9.68. The quantitative estimate of drug-likeness (QED) is 0.638. The van der Waals surface area contributed by atoms with Crippen LogP contribution < -0.4 is 21.1 Å². The summed E-state index contributed by atoms with van der Waals surface area (Å²) in [5, 5.41) is 5.09. The molecule has 3 amide bonds. The number of aliphatic imine (C=N–C) groups is 1. The van der Waals surface area contributed by atoms with Crippen molar-refractivity contribution in [1.82, 2.24) is 5.32 Å². The molecule has 0 unspecified atom stereocenters. The number of amidine groups is 1. The number of nitrogens with two attached hydrogens (primary N) is 1. The Morgan fingerprint density at radius 2 is 1.97 bits per heavy atom. The van der Waals surface area contributed by atoms with E-state index in [4.69, 9.17) is 10.5 Å². The molecule has 0 saturated heterocycles. The monoisotopic (exact) mass is 412 g/mol. The van der Waals surface area contributed by atoms with Gasteiger partial charge in [-0.05, 0) is 35.9 Å². The number of nitrogens with one attached hydrogen (secondary N) is 2. The molecule has 150 valence electrons. The van der Waals surface area contributed by atoms with Crippen molar-refractivity contribution in [2.45, 2.75) is 18.2 Å². The molecule has 4 N–H and O–H groups in total. The highest BCUT2D eigenvalue weighted by Crippen LogP contribution is 2.23. The van der Waals surface area contributed by atoms with Gasteiger partial charge in [-0.25, -0.2) is 0 Å². The number of hydrogen-bond acceptors (Lipinski definition) is 6. The molecule has 0 radical (unpaired) electrons. The lowest BCUT2D eigenvalue weighted by Crippen LogP contribution is -2.24. The molecule has 9 heteroatoms. The summed E-state index contributed by atoms with van der Waals surface area (Å²) in [4.78, 5) is 39.8. The van der Waals surface area contributed by atoms with E-state index in [0.29, 0.717) is 17.8 Å². The number of amides is 3. The lowest BCUT2D eigenvalue weighted by molar-refractivity contribution is -0.121. The number of hydrogen-bond donors (Lipinski definition) is 3. The second-order valence-electron chi connectivity index (χ2n) is 6.26. The van der Waals surface area contributed by atoms with E-state index < -0.39 is 11.2 Å². The Bertz CT molecular complexity index is 959. The Hall–Kier alpha value is -3.33. The minimum absolute atomic E-state index is 0.0401. The fraction of sp³-hybridized carbons (Fsp3) is 0.200. The molecule has 0 spiro atoms. The minimum atomic E-state index is -0.606. The van der Waals surface area contributed by atoms with E-state index in [9.17, 15) is 14.4 Å². The standard InChI is InChI=1S/C20H20N4O4S/c1-28-15-7-5-12(6-8-15)11-22-18(26)13-3-2-4-14(9-13)23-17(25)10-16-19(27)24-20(21)29-16/h2-9,16H,10-11H2,1H3,(H,22,26)(H,23,25)(H2,21,24,27)/t16-/m0/s1. The third-order valence-electron chi connectivity index (χ3n) is 4.15. The van der Waals surface area contributed by atoms with Gasteiger partial charge in [-0.3, -0.25) is 14.4 Å². The van der Waals surface area contributed by atoms with Crippen LogP contribution in [0.1, 0.15) is 22.3 Å². The van der Waals surface area contributed by atoms with Crippen molar-refractivity contribution in [3.63, 3.8) is 0 Å². The lowest BCUT2D eigenvalue weighted by Gasteiger charge is -2.10. The van der Waals surface area contributed by atoms with E-state index >= 15 is 0 Å². The van der Waals surface area contributed by atoms with Crippen LogP contribution in [-0.2, 0) is 16.1 Å². The van der Waals surface area contributed by atoms with E-state index in [-0.39, 0.29) is 23.4 Å². The summed E-state index contributed by atoms with van der Waals surface area (Å²) in [6.45, 7) is 0.363. The van der Waals surface area contributed by atoms with E-state index in [1.165, 1.54) is 0 Å². The van der Waals surface area contributed by atoms with Gasteiger partial charge in [0.25, 0.3) is 11.8 Å². The molecule has 1 atom stereocenters. The molecule has 1 aliphatic rings. The fourth-order valence-electron chi connectivity index (χ4n) is 2.68. The number of carbonyl (C=O) groups is 3. The zero-order valence-corrected chi connectivity index (χ0v) is 16.5. The van der Waals surface area contributed by atoms with E-state index in [0.717, 1.165) is 23.1 Å². The van der Waals surface area contributed by atoms with Crippen molar-refractivity contribution in [2.75, 3.05) is 12.4 Å². The second-order valence-corrected chi connectivity index (χ2v) is 7.48. The number of nitrogens with zero attached hydrogens (tertiary/aromatic N) is 1. The van der Waals surface area contributed by atoms with Crippen LogP contribution in [0.4, 0.5) is 5.69 Å². The molecule has 2 aromatic carbocycles. The van der Waals surface area contributed by atoms with Crippen LogP contribution in [0, 0.1) is 0 Å². The molecule has 2 aromatic rings. The van der Waals surface area contributed by atoms with Crippen LogP contribution in [-0.4, -0.2) is 35.2 Å². The zero-order valence-electron chi connectivity index (χ0n) is 15.7. The molecular weight excluding hydrogens is 392 g/mol. The third-order valence-corrected chi connectivity index (χ3v) is 5.14. The number of benzene rings is 2. The molecule has 0 bridgehead atoms. The fourth-order valence-corrected chi connectivity index (χ4v) is 3.50. The topological polar surface area (TPSA) is 123 Å². The molecule has 0 aliphatic carbocycles. The van der Waals surface area contributed by atoms with Crippen LogP contribution in [0.3, 0.4) is 0 Å². The normalized spacial score (nSPS) is 15.6.